The molecule has 2 fully saturated rings. The molecule has 0 bridgehead atoms. The Morgan fingerprint density at radius 2 is 1.64 bits per heavy atom. The lowest BCUT2D eigenvalue weighted by Crippen LogP contribution is -2.49. The van der Waals surface area contributed by atoms with Gasteiger partial charge < -0.3 is 20.0 Å². The summed E-state index contributed by atoms with van der Waals surface area (Å²) in [4.78, 5) is 34.8. The Kier molecular flexibility index (Phi) is 7.46. The first-order valence-corrected chi connectivity index (χ1v) is 13.5. The molecule has 1 atom stereocenters. The number of nitrogens with one attached hydrogen (secondary N) is 1. The predicted molar refractivity (Wildman–Crippen MR) is 146 cm³/mol. The molecule has 3 aliphatic rings. The largest absolute Gasteiger partial charge is 0.369 e. The molecule has 3 aliphatic heterocycles. The second kappa shape index (κ2) is 10.9. The van der Waals surface area contributed by atoms with Crippen molar-refractivity contribution in [2.45, 2.75) is 45.6 Å². The van der Waals surface area contributed by atoms with E-state index in [1.807, 2.05) is 23.1 Å². The van der Waals surface area contributed by atoms with Gasteiger partial charge in [0, 0.05) is 76.9 Å². The summed E-state index contributed by atoms with van der Waals surface area (Å²) < 4.78 is 0. The van der Waals surface area contributed by atoms with E-state index in [2.05, 4.69) is 58.1 Å². The topological polar surface area (TPSA) is 59.1 Å². The smallest absolute Gasteiger partial charge is 0.227 e. The van der Waals surface area contributed by atoms with E-state index in [1.165, 1.54) is 23.2 Å². The predicted octanol–water partition coefficient (Wildman–Crippen LogP) is 3.34. The van der Waals surface area contributed by atoms with E-state index in [4.69, 9.17) is 0 Å². The number of nitrogens with zero attached hydrogens (tertiary/aromatic N) is 4. The maximum atomic E-state index is 13.1. The molecular weight excluding hydrogens is 450 g/mol. The molecule has 3 heterocycles. The number of amides is 2. The highest BCUT2D eigenvalue weighted by Crippen LogP contribution is 2.39. The number of aryl methyl sites for hydroxylation is 1. The molecule has 7 heteroatoms. The minimum absolute atomic E-state index is 0.0369. The van der Waals surface area contributed by atoms with Crippen LogP contribution in [0.3, 0.4) is 0 Å². The van der Waals surface area contributed by atoms with E-state index < -0.39 is 0 Å². The van der Waals surface area contributed by atoms with Gasteiger partial charge in [-0.2, -0.15) is 0 Å². The summed E-state index contributed by atoms with van der Waals surface area (Å²) in [6.07, 6.45) is 2.79. The van der Waals surface area contributed by atoms with Gasteiger partial charge in [0.1, 0.15) is 0 Å². The van der Waals surface area contributed by atoms with Crippen molar-refractivity contribution in [2.24, 2.45) is 0 Å². The Labute approximate surface area is 215 Å². The number of anilines is 3. The van der Waals surface area contributed by atoms with Crippen LogP contribution in [0.25, 0.3) is 0 Å². The minimum Gasteiger partial charge on any atom is -0.369 e. The van der Waals surface area contributed by atoms with Crippen LogP contribution < -0.4 is 20.0 Å². The third kappa shape index (κ3) is 5.21. The Bertz CT molecular complexity index is 1090. The van der Waals surface area contributed by atoms with Crippen LogP contribution in [-0.4, -0.2) is 75.1 Å². The van der Waals surface area contributed by atoms with Gasteiger partial charge in [0.15, 0.2) is 0 Å². The van der Waals surface area contributed by atoms with E-state index in [1.54, 1.807) is 0 Å². The van der Waals surface area contributed by atoms with Gasteiger partial charge in [0.2, 0.25) is 11.8 Å². The van der Waals surface area contributed by atoms with E-state index in [0.717, 1.165) is 63.6 Å². The highest BCUT2D eigenvalue weighted by Gasteiger charge is 2.35. The molecule has 2 amide bonds. The first-order valence-electron chi connectivity index (χ1n) is 13.5. The van der Waals surface area contributed by atoms with E-state index >= 15 is 0 Å². The fourth-order valence-electron chi connectivity index (χ4n) is 5.91. The SMILES string of the molecule is Cc1cccc(N2CCN(CCNC(=O)CCC(=O)N3C[C@@H]4CCCN4c4ccccc43)CC2)c1C. The summed E-state index contributed by atoms with van der Waals surface area (Å²) in [7, 11) is 0. The van der Waals surface area contributed by atoms with Crippen molar-refractivity contribution in [3.05, 3.63) is 53.6 Å². The van der Waals surface area contributed by atoms with Gasteiger partial charge in [-0.1, -0.05) is 24.3 Å². The third-order valence-electron chi connectivity index (χ3n) is 8.16. The molecule has 2 aromatic carbocycles. The molecule has 0 radical (unpaired) electrons. The van der Waals surface area contributed by atoms with Crippen molar-refractivity contribution in [1.29, 1.82) is 0 Å². The Morgan fingerprint density at radius 1 is 0.889 bits per heavy atom. The quantitative estimate of drug-likeness (QED) is 0.647. The van der Waals surface area contributed by atoms with Crippen LogP contribution in [-0.2, 0) is 9.59 Å². The molecule has 0 saturated carbocycles. The van der Waals surface area contributed by atoms with Crippen LogP contribution in [0, 0.1) is 13.8 Å². The number of para-hydroxylation sites is 2. The standard InChI is InChI=1S/C29H39N5O2/c1-22-7-5-11-25(23(22)2)32-19-17-31(18-20-32)16-14-30-28(35)12-13-29(36)34-21-24-8-6-15-33(24)26-9-3-4-10-27(26)34/h3-5,7,9-11,24H,6,8,12-21H2,1-2H3,(H,30,35)/t24-/m0/s1. The van der Waals surface area contributed by atoms with Crippen molar-refractivity contribution in [3.63, 3.8) is 0 Å². The fraction of sp³-hybridized carbons (Fsp3) is 0.517. The molecule has 5 rings (SSSR count). The van der Waals surface area contributed by atoms with Crippen LogP contribution >= 0.6 is 0 Å². The summed E-state index contributed by atoms with van der Waals surface area (Å²) in [6.45, 7) is 11.6. The molecule has 2 saturated heterocycles. The van der Waals surface area contributed by atoms with Gasteiger partial charge in [0.05, 0.1) is 11.4 Å². The van der Waals surface area contributed by atoms with Crippen LogP contribution in [0.15, 0.2) is 42.5 Å². The number of rotatable bonds is 7. The zero-order valence-electron chi connectivity index (χ0n) is 21.7. The van der Waals surface area contributed by atoms with Gasteiger partial charge in [-0.25, -0.2) is 0 Å². The lowest BCUT2D eigenvalue weighted by atomic mass is 10.1. The summed E-state index contributed by atoms with van der Waals surface area (Å²) >= 11 is 0. The highest BCUT2D eigenvalue weighted by molar-refractivity contribution is 5.99. The molecule has 7 nitrogen and oxygen atoms in total. The first kappa shape index (κ1) is 24.6. The molecule has 36 heavy (non-hydrogen) atoms. The van der Waals surface area contributed by atoms with Crippen molar-refractivity contribution < 1.29 is 9.59 Å². The van der Waals surface area contributed by atoms with Crippen LogP contribution in [0.1, 0.15) is 36.8 Å². The van der Waals surface area contributed by atoms with Crippen molar-refractivity contribution in [1.82, 2.24) is 10.2 Å². The molecule has 192 valence electrons. The number of benzene rings is 2. The Morgan fingerprint density at radius 3 is 2.44 bits per heavy atom. The number of carbonyl (C=O) groups excluding carboxylic acids is 2. The summed E-state index contributed by atoms with van der Waals surface area (Å²) in [5.74, 6) is 0.0110. The number of piperazine rings is 1. The van der Waals surface area contributed by atoms with Gasteiger partial charge in [-0.3, -0.25) is 14.5 Å². The number of carbonyl (C=O) groups is 2. The number of fused-ring (bicyclic) bond motifs is 3. The average molecular weight is 490 g/mol. The highest BCUT2D eigenvalue weighted by atomic mass is 16.2. The molecule has 2 aromatic rings. The Hall–Kier alpha value is -3.06. The van der Waals surface area contributed by atoms with Crippen LogP contribution in [0.2, 0.25) is 0 Å². The second-order valence-corrected chi connectivity index (χ2v) is 10.4. The Balaban J connectivity index is 1.04. The first-order chi connectivity index (χ1) is 17.5. The van der Waals surface area contributed by atoms with E-state index in [-0.39, 0.29) is 24.7 Å². The van der Waals surface area contributed by atoms with E-state index in [9.17, 15) is 9.59 Å². The van der Waals surface area contributed by atoms with Crippen LogP contribution in [0.5, 0.6) is 0 Å². The normalized spacial score (nSPS) is 19.7. The van der Waals surface area contributed by atoms with Crippen molar-refractivity contribution in [2.75, 3.05) is 67.1 Å². The summed E-state index contributed by atoms with van der Waals surface area (Å²) in [5.41, 5.74) is 6.18. The maximum Gasteiger partial charge on any atom is 0.227 e. The maximum absolute atomic E-state index is 13.1. The zero-order chi connectivity index (χ0) is 25.1. The second-order valence-electron chi connectivity index (χ2n) is 10.4. The summed E-state index contributed by atoms with van der Waals surface area (Å²) in [5, 5.41) is 3.03. The average Bonchev–Trinajstić information content (AvgIpc) is 3.38. The number of hydrogen-bond donors (Lipinski definition) is 1. The van der Waals surface area contributed by atoms with Crippen molar-refractivity contribution in [3.8, 4) is 0 Å². The molecular formula is C29H39N5O2. The van der Waals surface area contributed by atoms with Gasteiger partial charge in [-0.05, 0) is 56.0 Å². The van der Waals surface area contributed by atoms with Gasteiger partial charge in [-0.15, -0.1) is 0 Å². The lowest BCUT2D eigenvalue weighted by molar-refractivity contribution is -0.125. The summed E-state index contributed by atoms with van der Waals surface area (Å²) in [6, 6.07) is 15.1. The molecule has 0 unspecified atom stereocenters. The molecule has 0 aromatic heterocycles. The fourth-order valence-corrected chi connectivity index (χ4v) is 5.91. The molecule has 0 aliphatic carbocycles. The number of hydrogen-bond acceptors (Lipinski definition) is 5. The zero-order valence-corrected chi connectivity index (χ0v) is 21.7. The van der Waals surface area contributed by atoms with E-state index in [0.29, 0.717) is 12.6 Å². The van der Waals surface area contributed by atoms with Gasteiger partial charge in [0.25, 0.3) is 0 Å². The molecule has 1 N–H and O–H groups in total. The van der Waals surface area contributed by atoms with Crippen molar-refractivity contribution >= 4 is 28.9 Å². The third-order valence-corrected chi connectivity index (χ3v) is 8.16. The lowest BCUT2D eigenvalue weighted by Gasteiger charge is -2.40. The monoisotopic (exact) mass is 489 g/mol. The minimum atomic E-state index is -0.0369. The van der Waals surface area contributed by atoms with Gasteiger partial charge >= 0.3 is 0 Å². The van der Waals surface area contributed by atoms with Crippen LogP contribution in [0.4, 0.5) is 17.1 Å². The molecule has 0 spiro atoms.